The smallest absolute Gasteiger partial charge is 0.405 e. The van der Waals surface area contributed by atoms with E-state index < -0.39 is 72.1 Å². The van der Waals surface area contributed by atoms with Crippen LogP contribution in [0, 0.1) is 5.92 Å². The van der Waals surface area contributed by atoms with Crippen LogP contribution in [0.5, 0.6) is 5.75 Å². The fourth-order valence-corrected chi connectivity index (χ4v) is 4.86. The molecule has 16 heteroatoms. The molecule has 3 aromatic rings. The number of benzene rings is 3. The highest BCUT2D eigenvalue weighted by Crippen LogP contribution is 2.24. The summed E-state index contributed by atoms with van der Waals surface area (Å²) < 4.78 is 72.5. The quantitative estimate of drug-likeness (QED) is 0.134. The first-order valence-corrected chi connectivity index (χ1v) is 15.4. The van der Waals surface area contributed by atoms with Gasteiger partial charge in [-0.05, 0) is 53.4 Å². The number of methoxy groups -OCH3 is 1. The zero-order valence-corrected chi connectivity index (χ0v) is 27.7. The van der Waals surface area contributed by atoms with Crippen LogP contribution in [0.1, 0.15) is 41.4 Å². The number of ether oxygens (including phenoxy) is 1. The number of Topliss-reactive ketones (excluding diaryl/α,β-unsaturated/α-hetero) is 1. The monoisotopic (exact) mass is 724 g/mol. The number of hydrogen-bond acceptors (Lipinski definition) is 6. The van der Waals surface area contributed by atoms with Gasteiger partial charge in [0.2, 0.25) is 17.6 Å². The zero-order chi connectivity index (χ0) is 37.2. The van der Waals surface area contributed by atoms with Crippen molar-refractivity contribution in [2.24, 2.45) is 5.92 Å². The van der Waals surface area contributed by atoms with E-state index >= 15 is 0 Å². The highest BCUT2D eigenvalue weighted by molar-refractivity contribution is 6.30. The summed E-state index contributed by atoms with van der Waals surface area (Å²) in [5.74, 6) is -13.1. The summed E-state index contributed by atoms with van der Waals surface area (Å²) in [5, 5.41) is 8.58. The van der Waals surface area contributed by atoms with Crippen LogP contribution in [0.15, 0.2) is 78.9 Å². The molecule has 0 spiro atoms. The van der Waals surface area contributed by atoms with Crippen LogP contribution in [0.2, 0.25) is 5.02 Å². The molecule has 0 aliphatic carbocycles. The average molecular weight is 725 g/mol. The third kappa shape index (κ3) is 11.0. The molecule has 0 radical (unpaired) electrons. The molecule has 0 saturated heterocycles. The van der Waals surface area contributed by atoms with Crippen molar-refractivity contribution in [1.82, 2.24) is 21.3 Å². The number of hydrogen-bond donors (Lipinski definition) is 4. The van der Waals surface area contributed by atoms with Crippen molar-refractivity contribution in [2.75, 3.05) is 13.7 Å². The Morgan fingerprint density at radius 2 is 1.44 bits per heavy atom. The van der Waals surface area contributed by atoms with Gasteiger partial charge in [0.15, 0.2) is 0 Å². The molecule has 0 aliphatic heterocycles. The summed E-state index contributed by atoms with van der Waals surface area (Å²) >= 11 is 6.12. The average Bonchev–Trinajstić information content (AvgIpc) is 3.07. The number of halogens is 6. The van der Waals surface area contributed by atoms with E-state index in [1.807, 2.05) is 0 Å². The summed E-state index contributed by atoms with van der Waals surface area (Å²) in [5.41, 5.74) is 0.851. The molecule has 0 bridgehead atoms. The van der Waals surface area contributed by atoms with Crippen molar-refractivity contribution in [3.8, 4) is 5.75 Å². The van der Waals surface area contributed by atoms with E-state index in [-0.39, 0.29) is 17.5 Å². The fraction of sp³-hybridized carbons (Fsp3) is 0.324. The SMILES string of the molecule is COc1ccc([C@H](NC(=O)[C@H](Cc2cccc(Cl)c2)NC(=O)c2ccccc2)C(=O)N[C@H](C(=O)C(F)(F)C(=O)NCC(F)(F)F)C(C)C)cc1. The molecule has 0 aromatic heterocycles. The van der Waals surface area contributed by atoms with Crippen LogP contribution in [-0.2, 0) is 25.6 Å². The first-order chi connectivity index (χ1) is 23.4. The lowest BCUT2D eigenvalue weighted by Crippen LogP contribution is -2.58. The maximum atomic E-state index is 14.9. The lowest BCUT2D eigenvalue weighted by Gasteiger charge is -2.28. The molecule has 50 heavy (non-hydrogen) atoms. The zero-order valence-electron chi connectivity index (χ0n) is 26.9. The normalized spacial score (nSPS) is 13.4. The number of nitrogens with one attached hydrogen (secondary N) is 4. The topological polar surface area (TPSA) is 143 Å². The molecule has 0 saturated carbocycles. The standard InChI is InChI=1S/C34H34ClF5N4O6/c1-19(2)26(28(45)34(39,40)32(49)41-18-33(36,37)38)43-31(48)27(21-12-14-24(50-3)15-13-21)44-30(47)25(17-20-8-7-11-23(35)16-20)42-29(46)22-9-5-4-6-10-22/h4-16,19,25-27H,17-18H2,1-3H3,(H,41,49)(H,42,46)(H,43,48)(H,44,47)/t25-,26-,27-/m0/s1. The third-order valence-corrected chi connectivity index (χ3v) is 7.51. The summed E-state index contributed by atoms with van der Waals surface area (Å²) in [4.78, 5) is 65.6. The van der Waals surface area contributed by atoms with Crippen molar-refractivity contribution < 1.29 is 50.7 Å². The van der Waals surface area contributed by atoms with Gasteiger partial charge < -0.3 is 26.0 Å². The van der Waals surface area contributed by atoms with Crippen molar-refractivity contribution in [1.29, 1.82) is 0 Å². The predicted molar refractivity (Wildman–Crippen MR) is 173 cm³/mol. The number of alkyl halides is 5. The summed E-state index contributed by atoms with van der Waals surface area (Å²) in [6.45, 7) is 0.400. The second-order valence-corrected chi connectivity index (χ2v) is 11.8. The van der Waals surface area contributed by atoms with Crippen LogP contribution in [0.25, 0.3) is 0 Å². The molecule has 3 rings (SSSR count). The molecular weight excluding hydrogens is 691 g/mol. The van der Waals surface area contributed by atoms with Gasteiger partial charge in [0.1, 0.15) is 24.4 Å². The van der Waals surface area contributed by atoms with E-state index in [1.165, 1.54) is 57.4 Å². The Hall–Kier alpha value is -5.05. The van der Waals surface area contributed by atoms with Crippen LogP contribution in [-0.4, -0.2) is 67.2 Å². The van der Waals surface area contributed by atoms with Crippen molar-refractivity contribution in [2.45, 2.75) is 50.5 Å². The predicted octanol–water partition coefficient (Wildman–Crippen LogP) is 4.57. The Morgan fingerprint density at radius 3 is 2.00 bits per heavy atom. The molecule has 4 N–H and O–H groups in total. The largest absolute Gasteiger partial charge is 0.497 e. The second kappa shape index (κ2) is 17.1. The molecule has 0 unspecified atom stereocenters. The molecule has 0 heterocycles. The maximum absolute atomic E-state index is 14.9. The third-order valence-electron chi connectivity index (χ3n) is 7.28. The lowest BCUT2D eigenvalue weighted by atomic mass is 9.94. The Morgan fingerprint density at radius 1 is 0.800 bits per heavy atom. The number of carbonyl (C=O) groups is 5. The van der Waals surface area contributed by atoms with Gasteiger partial charge in [0.25, 0.3) is 11.8 Å². The van der Waals surface area contributed by atoms with Gasteiger partial charge in [-0.2, -0.15) is 22.0 Å². The van der Waals surface area contributed by atoms with E-state index in [0.29, 0.717) is 16.3 Å². The van der Waals surface area contributed by atoms with Gasteiger partial charge >= 0.3 is 12.1 Å². The van der Waals surface area contributed by atoms with Crippen LogP contribution in [0.3, 0.4) is 0 Å². The van der Waals surface area contributed by atoms with E-state index in [4.69, 9.17) is 16.3 Å². The molecule has 0 fully saturated rings. The Balaban J connectivity index is 1.95. The van der Waals surface area contributed by atoms with Crippen molar-refractivity contribution in [3.63, 3.8) is 0 Å². The summed E-state index contributed by atoms with van der Waals surface area (Å²) in [6, 6.07) is 14.9. The molecule has 3 atom stereocenters. The van der Waals surface area contributed by atoms with Gasteiger partial charge in [-0.1, -0.05) is 67.9 Å². The van der Waals surface area contributed by atoms with E-state index in [0.717, 1.165) is 5.32 Å². The number of rotatable bonds is 15. The van der Waals surface area contributed by atoms with E-state index in [9.17, 15) is 45.9 Å². The molecule has 0 aliphatic rings. The van der Waals surface area contributed by atoms with Crippen molar-refractivity contribution >= 4 is 41.0 Å². The Kier molecular flexibility index (Phi) is 13.4. The lowest BCUT2D eigenvalue weighted by molar-refractivity contribution is -0.165. The number of amides is 4. The molecule has 4 amide bonds. The minimum Gasteiger partial charge on any atom is -0.497 e. The highest BCUT2D eigenvalue weighted by atomic mass is 35.5. The van der Waals surface area contributed by atoms with Gasteiger partial charge in [0, 0.05) is 17.0 Å². The summed E-state index contributed by atoms with van der Waals surface area (Å²) in [7, 11) is 1.38. The Bertz CT molecular complexity index is 1670. The number of carbonyl (C=O) groups excluding carboxylic acids is 5. The van der Waals surface area contributed by atoms with Gasteiger partial charge in [-0.15, -0.1) is 0 Å². The molecule has 268 valence electrons. The van der Waals surface area contributed by atoms with Gasteiger partial charge in [-0.3, -0.25) is 24.0 Å². The van der Waals surface area contributed by atoms with Crippen LogP contribution < -0.4 is 26.0 Å². The Labute approximate surface area is 289 Å². The molecule has 3 aromatic carbocycles. The van der Waals surface area contributed by atoms with E-state index in [1.54, 1.807) is 42.5 Å². The minimum atomic E-state index is -5.03. The number of ketones is 1. The molecular formula is C34H34ClF5N4O6. The van der Waals surface area contributed by atoms with Gasteiger partial charge in [0.05, 0.1) is 13.2 Å². The van der Waals surface area contributed by atoms with Gasteiger partial charge in [-0.25, -0.2) is 0 Å². The van der Waals surface area contributed by atoms with Crippen LogP contribution >= 0.6 is 11.6 Å². The first-order valence-electron chi connectivity index (χ1n) is 15.0. The molecule has 10 nitrogen and oxygen atoms in total. The van der Waals surface area contributed by atoms with Crippen molar-refractivity contribution in [3.05, 3.63) is 101 Å². The minimum absolute atomic E-state index is 0.0946. The summed E-state index contributed by atoms with van der Waals surface area (Å²) in [6.07, 6.45) is -5.14. The second-order valence-electron chi connectivity index (χ2n) is 11.4. The highest BCUT2D eigenvalue weighted by Gasteiger charge is 2.52. The maximum Gasteiger partial charge on any atom is 0.405 e. The first kappa shape index (κ1) is 39.4. The fourth-order valence-electron chi connectivity index (χ4n) is 4.65. The van der Waals surface area contributed by atoms with E-state index in [2.05, 4.69) is 16.0 Å². The van der Waals surface area contributed by atoms with Crippen LogP contribution in [0.4, 0.5) is 22.0 Å².